The summed E-state index contributed by atoms with van der Waals surface area (Å²) in [6.45, 7) is 4.05. The van der Waals surface area contributed by atoms with Gasteiger partial charge in [-0.15, -0.1) is 0 Å². The maximum Gasteiger partial charge on any atom is 0.220 e. The zero-order valence-electron chi connectivity index (χ0n) is 11.9. The number of amides is 1. The van der Waals surface area contributed by atoms with E-state index in [9.17, 15) is 4.79 Å². The van der Waals surface area contributed by atoms with E-state index in [0.717, 1.165) is 32.5 Å². The maximum absolute atomic E-state index is 11.9. The monoisotopic (exact) mass is 270 g/mol. The number of ether oxygens (including phenoxy) is 2. The zero-order chi connectivity index (χ0) is 13.6. The molecule has 0 spiro atoms. The van der Waals surface area contributed by atoms with Crippen LogP contribution in [0.25, 0.3) is 0 Å². The lowest BCUT2D eigenvalue weighted by Gasteiger charge is -2.26. The van der Waals surface area contributed by atoms with Crippen LogP contribution in [0.3, 0.4) is 0 Å². The van der Waals surface area contributed by atoms with Gasteiger partial charge in [-0.3, -0.25) is 4.79 Å². The van der Waals surface area contributed by atoms with Gasteiger partial charge in [-0.1, -0.05) is 0 Å². The lowest BCUT2D eigenvalue weighted by molar-refractivity contribution is -0.123. The first kappa shape index (κ1) is 14.8. The zero-order valence-corrected chi connectivity index (χ0v) is 11.9. The van der Waals surface area contributed by atoms with E-state index < -0.39 is 0 Å². The van der Waals surface area contributed by atoms with Crippen LogP contribution in [-0.2, 0) is 14.3 Å². The van der Waals surface area contributed by atoms with Crippen molar-refractivity contribution in [3.05, 3.63) is 0 Å². The second-order valence-corrected chi connectivity index (χ2v) is 5.70. The summed E-state index contributed by atoms with van der Waals surface area (Å²) in [5.74, 6) is 0.847. The van der Waals surface area contributed by atoms with Crippen LogP contribution >= 0.6 is 0 Å². The fraction of sp³-hybridized carbons (Fsp3) is 0.929. The van der Waals surface area contributed by atoms with E-state index in [2.05, 4.69) is 10.6 Å². The molecule has 2 rings (SSSR count). The number of methoxy groups -OCH3 is 1. The average molecular weight is 270 g/mol. The Labute approximate surface area is 115 Å². The molecule has 0 aromatic carbocycles. The van der Waals surface area contributed by atoms with Crippen molar-refractivity contribution in [2.24, 2.45) is 5.92 Å². The van der Waals surface area contributed by atoms with Crippen LogP contribution in [0.4, 0.5) is 0 Å². The SMILES string of the molecule is COC1(CNC(=O)CCC2CCNCC2)CCOC1. The molecular weight excluding hydrogens is 244 g/mol. The lowest BCUT2D eigenvalue weighted by atomic mass is 9.93. The molecule has 19 heavy (non-hydrogen) atoms. The number of carbonyl (C=O) groups excluding carboxylic acids is 1. The number of hydrogen-bond donors (Lipinski definition) is 2. The molecule has 5 nitrogen and oxygen atoms in total. The van der Waals surface area contributed by atoms with E-state index in [1.807, 2.05) is 0 Å². The van der Waals surface area contributed by atoms with Crippen LogP contribution in [-0.4, -0.2) is 51.5 Å². The van der Waals surface area contributed by atoms with Gasteiger partial charge in [0.2, 0.25) is 5.91 Å². The van der Waals surface area contributed by atoms with Gasteiger partial charge in [0.25, 0.3) is 0 Å². The Morgan fingerprint density at radius 1 is 1.47 bits per heavy atom. The fourth-order valence-electron chi connectivity index (χ4n) is 2.81. The molecule has 0 aromatic heterocycles. The van der Waals surface area contributed by atoms with E-state index in [1.165, 1.54) is 12.8 Å². The molecule has 2 saturated heterocycles. The Morgan fingerprint density at radius 2 is 2.26 bits per heavy atom. The van der Waals surface area contributed by atoms with Crippen molar-refractivity contribution in [1.82, 2.24) is 10.6 Å². The number of hydrogen-bond acceptors (Lipinski definition) is 4. The molecule has 0 bridgehead atoms. The summed E-state index contributed by atoms with van der Waals surface area (Å²) in [6.07, 6.45) is 4.89. The van der Waals surface area contributed by atoms with Crippen molar-refractivity contribution < 1.29 is 14.3 Å². The fourth-order valence-corrected chi connectivity index (χ4v) is 2.81. The summed E-state index contributed by atoms with van der Waals surface area (Å²) in [6, 6.07) is 0. The molecule has 1 atom stereocenters. The number of rotatable bonds is 6. The second kappa shape index (κ2) is 7.22. The van der Waals surface area contributed by atoms with Crippen LogP contribution in [0, 0.1) is 5.92 Å². The Bertz CT molecular complexity index is 284. The number of carbonyl (C=O) groups is 1. The predicted molar refractivity (Wildman–Crippen MR) is 73.0 cm³/mol. The van der Waals surface area contributed by atoms with E-state index in [0.29, 0.717) is 25.5 Å². The minimum absolute atomic E-state index is 0.141. The van der Waals surface area contributed by atoms with Crippen LogP contribution < -0.4 is 10.6 Å². The van der Waals surface area contributed by atoms with Gasteiger partial charge >= 0.3 is 0 Å². The van der Waals surface area contributed by atoms with Crippen LogP contribution in [0.2, 0.25) is 0 Å². The molecule has 1 unspecified atom stereocenters. The Kier molecular flexibility index (Phi) is 5.60. The first-order valence-corrected chi connectivity index (χ1v) is 7.34. The Balaban J connectivity index is 1.63. The van der Waals surface area contributed by atoms with E-state index in [4.69, 9.17) is 9.47 Å². The summed E-state index contributed by atoms with van der Waals surface area (Å²) in [4.78, 5) is 11.9. The molecule has 0 aromatic rings. The van der Waals surface area contributed by atoms with E-state index in [1.54, 1.807) is 7.11 Å². The van der Waals surface area contributed by atoms with Gasteiger partial charge in [0.05, 0.1) is 6.61 Å². The third-order valence-corrected chi connectivity index (χ3v) is 4.35. The number of nitrogens with one attached hydrogen (secondary N) is 2. The standard InChI is InChI=1S/C14H26N2O3/c1-18-14(6-9-19-11-14)10-16-13(17)3-2-12-4-7-15-8-5-12/h12,15H,2-11H2,1H3,(H,16,17). The minimum Gasteiger partial charge on any atom is -0.378 e. The largest absolute Gasteiger partial charge is 0.378 e. The third-order valence-electron chi connectivity index (χ3n) is 4.35. The third kappa shape index (κ3) is 4.44. The molecule has 2 heterocycles. The molecule has 2 N–H and O–H groups in total. The van der Waals surface area contributed by atoms with Crippen molar-refractivity contribution in [3.8, 4) is 0 Å². The Morgan fingerprint density at radius 3 is 2.89 bits per heavy atom. The van der Waals surface area contributed by atoms with Gasteiger partial charge in [0, 0.05) is 33.1 Å². The molecule has 2 aliphatic heterocycles. The van der Waals surface area contributed by atoms with Gasteiger partial charge in [-0.05, 0) is 38.3 Å². The van der Waals surface area contributed by atoms with Crippen molar-refractivity contribution in [1.29, 1.82) is 0 Å². The highest BCUT2D eigenvalue weighted by Crippen LogP contribution is 2.22. The predicted octanol–water partition coefficient (Wildman–Crippen LogP) is 0.688. The molecule has 0 radical (unpaired) electrons. The highest BCUT2D eigenvalue weighted by atomic mass is 16.5. The molecule has 1 amide bonds. The van der Waals surface area contributed by atoms with Gasteiger partial charge in [0.15, 0.2) is 0 Å². The molecule has 0 aliphatic carbocycles. The summed E-state index contributed by atoms with van der Waals surface area (Å²) in [5, 5.41) is 6.34. The number of piperidine rings is 1. The molecule has 5 heteroatoms. The van der Waals surface area contributed by atoms with Crippen LogP contribution in [0.15, 0.2) is 0 Å². The minimum atomic E-state index is -0.301. The second-order valence-electron chi connectivity index (χ2n) is 5.70. The van der Waals surface area contributed by atoms with Crippen LogP contribution in [0.1, 0.15) is 32.1 Å². The average Bonchev–Trinajstić information content (AvgIpc) is 2.93. The molecule has 110 valence electrons. The van der Waals surface area contributed by atoms with Gasteiger partial charge in [0.1, 0.15) is 5.60 Å². The summed E-state index contributed by atoms with van der Waals surface area (Å²) >= 11 is 0. The van der Waals surface area contributed by atoms with Gasteiger partial charge in [-0.2, -0.15) is 0 Å². The normalized spacial score (nSPS) is 28.5. The Hall–Kier alpha value is -0.650. The summed E-state index contributed by atoms with van der Waals surface area (Å²) < 4.78 is 10.9. The molecule has 2 aliphatic rings. The first-order valence-electron chi connectivity index (χ1n) is 7.34. The summed E-state index contributed by atoms with van der Waals surface area (Å²) in [7, 11) is 1.69. The van der Waals surface area contributed by atoms with Crippen molar-refractivity contribution >= 4 is 5.91 Å². The van der Waals surface area contributed by atoms with Gasteiger partial charge in [-0.25, -0.2) is 0 Å². The van der Waals surface area contributed by atoms with E-state index in [-0.39, 0.29) is 11.5 Å². The quantitative estimate of drug-likeness (QED) is 0.745. The van der Waals surface area contributed by atoms with Crippen molar-refractivity contribution in [2.75, 3.05) is 40.0 Å². The van der Waals surface area contributed by atoms with Crippen molar-refractivity contribution in [3.63, 3.8) is 0 Å². The topological polar surface area (TPSA) is 59.6 Å². The lowest BCUT2D eigenvalue weighted by Crippen LogP contribution is -2.45. The smallest absolute Gasteiger partial charge is 0.220 e. The van der Waals surface area contributed by atoms with Crippen LogP contribution in [0.5, 0.6) is 0 Å². The maximum atomic E-state index is 11.9. The highest BCUT2D eigenvalue weighted by Gasteiger charge is 2.35. The van der Waals surface area contributed by atoms with Gasteiger partial charge < -0.3 is 20.1 Å². The van der Waals surface area contributed by atoms with Crippen molar-refractivity contribution in [2.45, 2.75) is 37.7 Å². The summed E-state index contributed by atoms with van der Waals surface area (Å²) in [5.41, 5.74) is -0.301. The highest BCUT2D eigenvalue weighted by molar-refractivity contribution is 5.75. The molecule has 2 fully saturated rings. The molecule has 0 saturated carbocycles. The van der Waals surface area contributed by atoms with E-state index >= 15 is 0 Å². The molecular formula is C14H26N2O3. The first-order chi connectivity index (χ1) is 9.24.